The van der Waals surface area contributed by atoms with Crippen LogP contribution in [-0.4, -0.2) is 19.5 Å². The summed E-state index contributed by atoms with van der Waals surface area (Å²) in [6.07, 6.45) is 8.23. The molecular formula is C19H14N4O. The fourth-order valence-corrected chi connectivity index (χ4v) is 2.76. The summed E-state index contributed by atoms with van der Waals surface area (Å²) in [5, 5.41) is 0. The molecular weight excluding hydrogens is 300 g/mol. The van der Waals surface area contributed by atoms with Crippen LogP contribution in [0.4, 0.5) is 0 Å². The summed E-state index contributed by atoms with van der Waals surface area (Å²) in [4.78, 5) is 24.5. The Hall–Kier alpha value is -3.34. The molecule has 0 N–H and O–H groups in total. The maximum Gasteiger partial charge on any atom is 0.269 e. The number of benzene rings is 1. The van der Waals surface area contributed by atoms with Crippen LogP contribution in [0.5, 0.6) is 0 Å². The molecule has 5 nitrogen and oxygen atoms in total. The lowest BCUT2D eigenvalue weighted by atomic mass is 10.0. The molecule has 0 aliphatic heterocycles. The molecule has 0 spiro atoms. The standard InChI is InChI=1S/C19H14N4O/c24-19-12-22-17-11-21-9-6-18(17)23(19)13-14-2-1-3-16(10-14)15-4-7-20-8-5-15/h1-12H,13H2. The van der Waals surface area contributed by atoms with Crippen molar-refractivity contribution in [2.45, 2.75) is 6.54 Å². The van der Waals surface area contributed by atoms with E-state index in [9.17, 15) is 4.79 Å². The zero-order valence-electron chi connectivity index (χ0n) is 12.8. The van der Waals surface area contributed by atoms with Gasteiger partial charge in [-0.15, -0.1) is 0 Å². The highest BCUT2D eigenvalue weighted by atomic mass is 16.1. The minimum Gasteiger partial charge on any atom is -0.301 e. The Bertz CT molecular complexity index is 1060. The number of hydrogen-bond acceptors (Lipinski definition) is 4. The summed E-state index contributed by atoms with van der Waals surface area (Å²) in [6.45, 7) is 0.487. The molecule has 0 amide bonds. The first-order valence-corrected chi connectivity index (χ1v) is 7.60. The van der Waals surface area contributed by atoms with Crippen molar-refractivity contribution in [3.05, 3.63) is 89.4 Å². The van der Waals surface area contributed by atoms with E-state index < -0.39 is 0 Å². The first kappa shape index (κ1) is 14.3. The van der Waals surface area contributed by atoms with Gasteiger partial charge in [-0.25, -0.2) is 4.98 Å². The van der Waals surface area contributed by atoms with Crippen LogP contribution in [0.15, 0.2) is 78.2 Å². The number of nitrogens with zero attached hydrogens (tertiary/aromatic N) is 4. The zero-order chi connectivity index (χ0) is 16.4. The normalized spacial score (nSPS) is 10.8. The Balaban J connectivity index is 1.77. The number of fused-ring (bicyclic) bond motifs is 1. The molecule has 1 aromatic carbocycles. The fraction of sp³-hybridized carbons (Fsp3) is 0.0526. The van der Waals surface area contributed by atoms with E-state index in [1.54, 1.807) is 29.4 Å². The third kappa shape index (κ3) is 2.67. The average Bonchev–Trinajstić information content (AvgIpc) is 2.65. The largest absolute Gasteiger partial charge is 0.301 e. The van der Waals surface area contributed by atoms with E-state index in [-0.39, 0.29) is 5.56 Å². The first-order valence-electron chi connectivity index (χ1n) is 7.60. The minimum atomic E-state index is -0.122. The molecule has 5 heteroatoms. The SMILES string of the molecule is O=c1cnc2cnccc2n1Cc1cccc(-c2ccncc2)c1. The summed E-state index contributed by atoms with van der Waals surface area (Å²) in [5.74, 6) is 0. The Labute approximate surface area is 138 Å². The van der Waals surface area contributed by atoms with Gasteiger partial charge in [0, 0.05) is 18.6 Å². The molecule has 3 aromatic heterocycles. The van der Waals surface area contributed by atoms with Crippen LogP contribution < -0.4 is 5.56 Å². The van der Waals surface area contributed by atoms with Crippen molar-refractivity contribution in [2.24, 2.45) is 0 Å². The van der Waals surface area contributed by atoms with E-state index in [2.05, 4.69) is 27.1 Å². The summed E-state index contributed by atoms with van der Waals surface area (Å²) in [6, 6.07) is 13.9. The number of rotatable bonds is 3. The summed E-state index contributed by atoms with van der Waals surface area (Å²) >= 11 is 0. The van der Waals surface area contributed by atoms with Gasteiger partial charge >= 0.3 is 0 Å². The molecule has 0 saturated heterocycles. The third-order valence-corrected chi connectivity index (χ3v) is 3.93. The van der Waals surface area contributed by atoms with Crippen LogP contribution in [0.1, 0.15) is 5.56 Å². The summed E-state index contributed by atoms with van der Waals surface area (Å²) < 4.78 is 1.72. The second-order valence-corrected chi connectivity index (χ2v) is 5.48. The van der Waals surface area contributed by atoms with Crippen molar-refractivity contribution in [2.75, 3.05) is 0 Å². The van der Waals surface area contributed by atoms with Gasteiger partial charge in [0.05, 0.1) is 24.5 Å². The van der Waals surface area contributed by atoms with E-state index in [1.807, 2.05) is 30.3 Å². The molecule has 0 bridgehead atoms. The Kier molecular flexibility index (Phi) is 3.59. The highest BCUT2D eigenvalue weighted by molar-refractivity contribution is 5.73. The van der Waals surface area contributed by atoms with Crippen LogP contribution in [0, 0.1) is 0 Å². The second-order valence-electron chi connectivity index (χ2n) is 5.48. The van der Waals surface area contributed by atoms with Gasteiger partial charge < -0.3 is 4.57 Å². The summed E-state index contributed by atoms with van der Waals surface area (Å²) in [7, 11) is 0. The molecule has 24 heavy (non-hydrogen) atoms. The molecule has 0 unspecified atom stereocenters. The maximum atomic E-state index is 12.3. The lowest BCUT2D eigenvalue weighted by Crippen LogP contribution is -2.21. The molecule has 116 valence electrons. The molecule has 3 heterocycles. The average molecular weight is 314 g/mol. The van der Waals surface area contributed by atoms with Crippen molar-refractivity contribution in [1.82, 2.24) is 19.5 Å². The van der Waals surface area contributed by atoms with Crippen LogP contribution >= 0.6 is 0 Å². The Morgan fingerprint density at radius 3 is 2.58 bits per heavy atom. The molecule has 4 rings (SSSR count). The van der Waals surface area contributed by atoms with Crippen molar-refractivity contribution in [1.29, 1.82) is 0 Å². The van der Waals surface area contributed by atoms with Gasteiger partial charge in [0.15, 0.2) is 0 Å². The van der Waals surface area contributed by atoms with Crippen molar-refractivity contribution >= 4 is 11.0 Å². The van der Waals surface area contributed by atoms with Gasteiger partial charge in [-0.1, -0.05) is 18.2 Å². The van der Waals surface area contributed by atoms with Gasteiger partial charge in [0.25, 0.3) is 5.56 Å². The number of aromatic nitrogens is 4. The van der Waals surface area contributed by atoms with Crippen molar-refractivity contribution < 1.29 is 0 Å². The molecule has 4 aromatic rings. The Morgan fingerprint density at radius 2 is 1.71 bits per heavy atom. The molecule has 0 radical (unpaired) electrons. The van der Waals surface area contributed by atoms with Gasteiger partial charge in [0.2, 0.25) is 0 Å². The van der Waals surface area contributed by atoms with Crippen LogP contribution in [0.25, 0.3) is 22.2 Å². The van der Waals surface area contributed by atoms with Gasteiger partial charge in [-0.05, 0) is 41.0 Å². The zero-order valence-corrected chi connectivity index (χ0v) is 12.8. The van der Waals surface area contributed by atoms with E-state index in [0.717, 1.165) is 22.2 Å². The maximum absolute atomic E-state index is 12.3. The van der Waals surface area contributed by atoms with Gasteiger partial charge in [0.1, 0.15) is 5.52 Å². The first-order chi connectivity index (χ1) is 11.8. The Morgan fingerprint density at radius 1 is 0.875 bits per heavy atom. The lowest BCUT2D eigenvalue weighted by Gasteiger charge is -2.10. The molecule has 0 atom stereocenters. The second kappa shape index (κ2) is 6.04. The topological polar surface area (TPSA) is 60.7 Å². The van der Waals surface area contributed by atoms with E-state index >= 15 is 0 Å². The van der Waals surface area contributed by atoms with Crippen LogP contribution in [0.3, 0.4) is 0 Å². The number of pyridine rings is 2. The van der Waals surface area contributed by atoms with Crippen LogP contribution in [0.2, 0.25) is 0 Å². The minimum absolute atomic E-state index is 0.122. The van der Waals surface area contributed by atoms with E-state index in [4.69, 9.17) is 0 Å². The van der Waals surface area contributed by atoms with Crippen molar-refractivity contribution in [3.63, 3.8) is 0 Å². The predicted octanol–water partition coefficient (Wildman–Crippen LogP) is 2.90. The van der Waals surface area contributed by atoms with Crippen LogP contribution in [-0.2, 0) is 6.54 Å². The van der Waals surface area contributed by atoms with E-state index in [1.165, 1.54) is 6.20 Å². The lowest BCUT2D eigenvalue weighted by molar-refractivity contribution is 0.786. The third-order valence-electron chi connectivity index (χ3n) is 3.93. The van der Waals surface area contributed by atoms with Crippen molar-refractivity contribution in [3.8, 4) is 11.1 Å². The smallest absolute Gasteiger partial charge is 0.269 e. The van der Waals surface area contributed by atoms with Gasteiger partial charge in [-0.3, -0.25) is 14.8 Å². The summed E-state index contributed by atoms with van der Waals surface area (Å²) in [5.41, 5.74) is 4.62. The fourth-order valence-electron chi connectivity index (χ4n) is 2.76. The highest BCUT2D eigenvalue weighted by Crippen LogP contribution is 2.20. The monoisotopic (exact) mass is 314 g/mol. The predicted molar refractivity (Wildman–Crippen MR) is 92.6 cm³/mol. The molecule has 0 saturated carbocycles. The highest BCUT2D eigenvalue weighted by Gasteiger charge is 2.06. The number of hydrogen-bond donors (Lipinski definition) is 0. The van der Waals surface area contributed by atoms with E-state index in [0.29, 0.717) is 12.1 Å². The molecule has 0 aliphatic carbocycles. The quantitative estimate of drug-likeness (QED) is 0.583. The van der Waals surface area contributed by atoms with Gasteiger partial charge in [-0.2, -0.15) is 0 Å². The molecule has 0 aliphatic rings. The molecule has 0 fully saturated rings.